The lowest BCUT2D eigenvalue weighted by molar-refractivity contribution is -0.142. The van der Waals surface area contributed by atoms with E-state index in [1.165, 1.54) is 9.47 Å². The van der Waals surface area contributed by atoms with Gasteiger partial charge in [-0.3, -0.25) is 14.3 Å². The van der Waals surface area contributed by atoms with Crippen LogP contribution in [0, 0.1) is 0 Å². The first-order valence-electron chi connectivity index (χ1n) is 9.43. The molecule has 2 aromatic rings. The third-order valence-corrected chi connectivity index (χ3v) is 5.79. The molecule has 0 bridgehead atoms. The van der Waals surface area contributed by atoms with Gasteiger partial charge in [0.1, 0.15) is 18.0 Å². The standard InChI is InChI=1S/C18H18ClF4N5O2/c1-9(15-12(19)5-10(6-24-15)18(21,22)23)28-17(30)27-13(3-2-4-14(27)25-28)16(29)26-7-11(20)8-26/h5-6,9,11,13H,2-4,7-8H2,1H3/t9?,13-/m0/s1. The highest BCUT2D eigenvalue weighted by atomic mass is 35.5. The Morgan fingerprint density at radius 3 is 2.63 bits per heavy atom. The predicted octanol–water partition coefficient (Wildman–Crippen LogP) is 2.78. The number of carbonyl (C=O) groups excluding carboxylic acids is 1. The number of hydrogen-bond donors (Lipinski definition) is 0. The molecule has 12 heteroatoms. The molecule has 1 unspecified atom stereocenters. The van der Waals surface area contributed by atoms with Crippen LogP contribution in [0.15, 0.2) is 17.1 Å². The second-order valence-electron chi connectivity index (χ2n) is 7.53. The number of nitrogens with zero attached hydrogens (tertiary/aromatic N) is 5. The molecule has 1 amide bonds. The fourth-order valence-corrected chi connectivity index (χ4v) is 4.16. The zero-order valence-corrected chi connectivity index (χ0v) is 16.6. The molecule has 0 saturated carbocycles. The van der Waals surface area contributed by atoms with Crippen molar-refractivity contribution < 1.29 is 22.4 Å². The van der Waals surface area contributed by atoms with Crippen molar-refractivity contribution in [3.05, 3.63) is 44.9 Å². The fourth-order valence-electron chi connectivity index (χ4n) is 3.83. The summed E-state index contributed by atoms with van der Waals surface area (Å²) in [5, 5.41) is 4.05. The van der Waals surface area contributed by atoms with E-state index in [-0.39, 0.29) is 29.7 Å². The Morgan fingerprint density at radius 2 is 2.03 bits per heavy atom. The highest BCUT2D eigenvalue weighted by Crippen LogP contribution is 2.33. The molecule has 1 fully saturated rings. The number of alkyl halides is 4. The zero-order valence-electron chi connectivity index (χ0n) is 15.9. The lowest BCUT2D eigenvalue weighted by Gasteiger charge is -2.37. The fraction of sp³-hybridized carbons (Fsp3) is 0.556. The molecule has 4 rings (SSSR count). The van der Waals surface area contributed by atoms with E-state index in [4.69, 9.17) is 11.6 Å². The van der Waals surface area contributed by atoms with E-state index in [1.807, 2.05) is 0 Å². The predicted molar refractivity (Wildman–Crippen MR) is 98.0 cm³/mol. The molecule has 0 spiro atoms. The summed E-state index contributed by atoms with van der Waals surface area (Å²) < 4.78 is 54.1. The second-order valence-corrected chi connectivity index (χ2v) is 7.93. The van der Waals surface area contributed by atoms with Gasteiger partial charge in [-0.1, -0.05) is 11.6 Å². The van der Waals surface area contributed by atoms with E-state index in [0.717, 1.165) is 10.7 Å². The number of aryl methyl sites for hydroxylation is 1. The van der Waals surface area contributed by atoms with Crippen LogP contribution in [0.25, 0.3) is 0 Å². The van der Waals surface area contributed by atoms with Gasteiger partial charge in [0.2, 0.25) is 5.91 Å². The number of hydrogen-bond acceptors (Lipinski definition) is 4. The number of rotatable bonds is 3. The van der Waals surface area contributed by atoms with Gasteiger partial charge in [-0.2, -0.15) is 18.3 Å². The molecule has 0 radical (unpaired) electrons. The van der Waals surface area contributed by atoms with E-state index >= 15 is 0 Å². The molecule has 162 valence electrons. The lowest BCUT2D eigenvalue weighted by atomic mass is 10.0. The summed E-state index contributed by atoms with van der Waals surface area (Å²) in [5.74, 6) is 0.0710. The van der Waals surface area contributed by atoms with E-state index in [1.54, 1.807) is 6.92 Å². The number of pyridine rings is 1. The van der Waals surface area contributed by atoms with Crippen LogP contribution < -0.4 is 5.69 Å². The number of fused-ring (bicyclic) bond motifs is 1. The minimum atomic E-state index is -4.59. The maximum absolute atomic E-state index is 13.1. The van der Waals surface area contributed by atoms with Crippen molar-refractivity contribution in [1.29, 1.82) is 0 Å². The first-order chi connectivity index (χ1) is 14.1. The van der Waals surface area contributed by atoms with Crippen molar-refractivity contribution in [2.45, 2.75) is 50.6 Å². The second kappa shape index (κ2) is 7.36. The Morgan fingerprint density at radius 1 is 1.33 bits per heavy atom. The summed E-state index contributed by atoms with van der Waals surface area (Å²) in [4.78, 5) is 30.9. The number of amides is 1. The average molecular weight is 448 g/mol. The maximum Gasteiger partial charge on any atom is 0.417 e. The van der Waals surface area contributed by atoms with Crippen molar-refractivity contribution in [1.82, 2.24) is 24.2 Å². The van der Waals surface area contributed by atoms with Gasteiger partial charge in [0.25, 0.3) is 0 Å². The van der Waals surface area contributed by atoms with Crippen LogP contribution in [-0.4, -0.2) is 49.4 Å². The molecule has 0 aliphatic carbocycles. The molecule has 0 N–H and O–H groups in total. The Labute approximate surface area is 173 Å². The van der Waals surface area contributed by atoms with Crippen LogP contribution in [0.1, 0.15) is 48.9 Å². The minimum absolute atomic E-state index is 0.00897. The molecule has 2 aliphatic rings. The molecule has 2 aliphatic heterocycles. The molecule has 4 heterocycles. The van der Waals surface area contributed by atoms with Crippen LogP contribution in [0.4, 0.5) is 17.6 Å². The number of halogens is 5. The Balaban J connectivity index is 1.67. The van der Waals surface area contributed by atoms with Gasteiger partial charge in [0, 0.05) is 12.6 Å². The quantitative estimate of drug-likeness (QED) is 0.678. The van der Waals surface area contributed by atoms with Crippen LogP contribution in [0.5, 0.6) is 0 Å². The third kappa shape index (κ3) is 3.48. The van der Waals surface area contributed by atoms with Crippen molar-refractivity contribution in [3.8, 4) is 0 Å². The van der Waals surface area contributed by atoms with Gasteiger partial charge in [-0.05, 0) is 25.8 Å². The number of aromatic nitrogens is 4. The highest BCUT2D eigenvalue weighted by molar-refractivity contribution is 6.31. The lowest BCUT2D eigenvalue weighted by Crippen LogP contribution is -2.54. The normalized spacial score (nSPS) is 20.6. The van der Waals surface area contributed by atoms with Crippen LogP contribution in [0.3, 0.4) is 0 Å². The number of carbonyl (C=O) groups is 1. The summed E-state index contributed by atoms with van der Waals surface area (Å²) in [6.45, 7) is 1.56. The Hall–Kier alpha value is -2.43. The molecule has 30 heavy (non-hydrogen) atoms. The maximum atomic E-state index is 13.1. The minimum Gasteiger partial charge on any atom is -0.335 e. The van der Waals surface area contributed by atoms with E-state index in [2.05, 4.69) is 10.1 Å². The third-order valence-electron chi connectivity index (χ3n) is 5.49. The Bertz CT molecular complexity index is 1040. The topological polar surface area (TPSA) is 73.0 Å². The van der Waals surface area contributed by atoms with Crippen molar-refractivity contribution >= 4 is 17.5 Å². The molecular formula is C18H18ClF4N5O2. The largest absolute Gasteiger partial charge is 0.417 e. The van der Waals surface area contributed by atoms with Gasteiger partial charge in [-0.15, -0.1) is 0 Å². The molecular weight excluding hydrogens is 430 g/mol. The summed E-state index contributed by atoms with van der Waals surface area (Å²) in [5.41, 5.74) is -1.51. The smallest absolute Gasteiger partial charge is 0.335 e. The highest BCUT2D eigenvalue weighted by Gasteiger charge is 2.39. The van der Waals surface area contributed by atoms with Gasteiger partial charge in [0.05, 0.1) is 35.4 Å². The first-order valence-corrected chi connectivity index (χ1v) is 9.81. The molecule has 7 nitrogen and oxygen atoms in total. The zero-order chi connectivity index (χ0) is 21.8. The van der Waals surface area contributed by atoms with Crippen molar-refractivity contribution in [3.63, 3.8) is 0 Å². The van der Waals surface area contributed by atoms with Crippen LogP contribution in [0.2, 0.25) is 5.02 Å². The van der Waals surface area contributed by atoms with Gasteiger partial charge in [0.15, 0.2) is 0 Å². The monoisotopic (exact) mass is 447 g/mol. The van der Waals surface area contributed by atoms with Crippen molar-refractivity contribution in [2.24, 2.45) is 0 Å². The summed E-state index contributed by atoms with van der Waals surface area (Å²) >= 11 is 6.01. The summed E-state index contributed by atoms with van der Waals surface area (Å²) in [6, 6.07) is -0.864. The summed E-state index contributed by atoms with van der Waals surface area (Å²) in [7, 11) is 0. The molecule has 2 atom stereocenters. The van der Waals surface area contributed by atoms with E-state index < -0.39 is 35.7 Å². The Kier molecular flexibility index (Phi) is 5.11. The van der Waals surface area contributed by atoms with Gasteiger partial charge in [-0.25, -0.2) is 13.9 Å². The first kappa shape index (κ1) is 20.8. The van der Waals surface area contributed by atoms with E-state index in [0.29, 0.717) is 31.3 Å². The SMILES string of the molecule is CC(c1ncc(C(F)(F)F)cc1Cl)n1nc2n(c1=O)[C@H](C(=O)N1CC(F)C1)CCC2. The molecule has 0 aromatic carbocycles. The number of likely N-dealkylation sites (tertiary alicyclic amines) is 1. The van der Waals surface area contributed by atoms with Crippen LogP contribution >= 0.6 is 11.6 Å². The van der Waals surface area contributed by atoms with Crippen LogP contribution in [-0.2, 0) is 17.4 Å². The van der Waals surface area contributed by atoms with E-state index in [9.17, 15) is 27.2 Å². The molecule has 1 saturated heterocycles. The van der Waals surface area contributed by atoms with Gasteiger partial charge >= 0.3 is 11.9 Å². The summed E-state index contributed by atoms with van der Waals surface area (Å²) in [6.07, 6.45) is -3.46. The molecule has 2 aromatic heterocycles. The van der Waals surface area contributed by atoms with Gasteiger partial charge < -0.3 is 4.90 Å². The average Bonchev–Trinajstić information content (AvgIpc) is 3.00. The van der Waals surface area contributed by atoms with Crippen molar-refractivity contribution in [2.75, 3.05) is 13.1 Å².